The average molecular weight is 341 g/mol. The highest BCUT2D eigenvalue weighted by molar-refractivity contribution is 5.89. The second kappa shape index (κ2) is 6.23. The molecule has 4 rings (SSSR count). The monoisotopic (exact) mass is 341 g/mol. The number of amides is 1. The van der Waals surface area contributed by atoms with Crippen molar-refractivity contribution in [1.29, 1.82) is 0 Å². The first-order valence-corrected chi connectivity index (χ1v) is 7.45. The molecule has 7 nitrogen and oxygen atoms in total. The molecule has 0 fully saturated rings. The molecule has 2 aromatic carbocycles. The van der Waals surface area contributed by atoms with Gasteiger partial charge in [0.25, 0.3) is 0 Å². The van der Waals surface area contributed by atoms with Gasteiger partial charge in [-0.05, 0) is 42.0 Å². The van der Waals surface area contributed by atoms with E-state index in [4.69, 9.17) is 14.0 Å². The molecule has 1 N–H and O–H groups in total. The Morgan fingerprint density at radius 2 is 1.92 bits per heavy atom. The molecule has 0 spiro atoms. The van der Waals surface area contributed by atoms with Crippen LogP contribution in [0.25, 0.3) is 11.4 Å². The first-order chi connectivity index (χ1) is 12.2. The first-order valence-electron chi connectivity index (χ1n) is 7.45. The van der Waals surface area contributed by atoms with Gasteiger partial charge >= 0.3 is 11.8 Å². The Kier molecular flexibility index (Phi) is 3.77. The average Bonchev–Trinajstić information content (AvgIpc) is 3.29. The molecule has 1 aliphatic rings. The summed E-state index contributed by atoms with van der Waals surface area (Å²) in [4.78, 5) is 16.2. The van der Waals surface area contributed by atoms with Crippen molar-refractivity contribution in [3.8, 4) is 22.9 Å². The summed E-state index contributed by atoms with van der Waals surface area (Å²) in [5, 5.41) is 6.42. The number of ether oxygens (including phenoxy) is 2. The molecule has 0 unspecified atom stereocenters. The van der Waals surface area contributed by atoms with Crippen LogP contribution in [0.2, 0.25) is 0 Å². The molecule has 126 valence electrons. The van der Waals surface area contributed by atoms with E-state index in [0.717, 1.165) is 5.56 Å². The molecule has 0 aliphatic carbocycles. The second-order valence-electron chi connectivity index (χ2n) is 5.30. The Hall–Kier alpha value is -3.42. The minimum atomic E-state index is -0.501. The Morgan fingerprint density at radius 3 is 2.76 bits per heavy atom. The van der Waals surface area contributed by atoms with Crippen molar-refractivity contribution in [2.75, 3.05) is 6.79 Å². The van der Waals surface area contributed by atoms with E-state index in [9.17, 15) is 9.18 Å². The van der Waals surface area contributed by atoms with Crippen LogP contribution in [-0.2, 0) is 6.54 Å². The topological polar surface area (TPSA) is 86.5 Å². The van der Waals surface area contributed by atoms with Crippen molar-refractivity contribution in [3.05, 3.63) is 59.7 Å². The van der Waals surface area contributed by atoms with Gasteiger partial charge in [0, 0.05) is 12.1 Å². The maximum Gasteiger partial charge on any atom is 0.316 e. The lowest BCUT2D eigenvalue weighted by atomic mass is 10.2. The Labute approximate surface area is 141 Å². The van der Waals surface area contributed by atoms with E-state index in [1.54, 1.807) is 12.1 Å². The fourth-order valence-corrected chi connectivity index (χ4v) is 2.34. The highest BCUT2D eigenvalue weighted by atomic mass is 19.1. The van der Waals surface area contributed by atoms with Gasteiger partial charge in [0.15, 0.2) is 11.5 Å². The highest BCUT2D eigenvalue weighted by Gasteiger charge is 2.17. The first kappa shape index (κ1) is 15.1. The van der Waals surface area contributed by atoms with Gasteiger partial charge in [0.05, 0.1) is 0 Å². The van der Waals surface area contributed by atoms with E-state index < -0.39 is 5.91 Å². The lowest BCUT2D eigenvalue weighted by Crippen LogP contribution is -2.23. The van der Waals surface area contributed by atoms with Crippen LogP contribution in [0.15, 0.2) is 47.0 Å². The minimum absolute atomic E-state index is 0.167. The maximum absolute atomic E-state index is 12.9. The van der Waals surface area contributed by atoms with Gasteiger partial charge in [-0.25, -0.2) is 4.39 Å². The van der Waals surface area contributed by atoms with Crippen molar-refractivity contribution in [1.82, 2.24) is 15.5 Å². The zero-order valence-electron chi connectivity index (χ0n) is 12.9. The summed E-state index contributed by atoms with van der Waals surface area (Å²) in [7, 11) is 0. The summed E-state index contributed by atoms with van der Waals surface area (Å²) in [5.74, 6) is 0.500. The predicted octanol–water partition coefficient (Wildman–Crippen LogP) is 2.53. The third-order valence-corrected chi connectivity index (χ3v) is 3.61. The predicted molar refractivity (Wildman–Crippen MR) is 83.4 cm³/mol. The van der Waals surface area contributed by atoms with Gasteiger partial charge in [0.1, 0.15) is 5.82 Å². The van der Waals surface area contributed by atoms with Crippen LogP contribution < -0.4 is 14.8 Å². The number of nitrogens with zero attached hydrogens (tertiary/aromatic N) is 2. The number of benzene rings is 2. The molecule has 3 aromatic rings. The number of hydrogen-bond donors (Lipinski definition) is 1. The van der Waals surface area contributed by atoms with Crippen LogP contribution in [0.5, 0.6) is 11.5 Å². The zero-order chi connectivity index (χ0) is 17.2. The normalized spacial score (nSPS) is 12.2. The number of halogens is 1. The maximum atomic E-state index is 12.9. The molecule has 25 heavy (non-hydrogen) atoms. The summed E-state index contributed by atoms with van der Waals surface area (Å²) < 4.78 is 28.4. The van der Waals surface area contributed by atoms with Crippen LogP contribution in [0, 0.1) is 5.82 Å². The van der Waals surface area contributed by atoms with E-state index in [1.165, 1.54) is 24.3 Å². The fraction of sp³-hybridized carbons (Fsp3) is 0.118. The number of aromatic nitrogens is 2. The fourth-order valence-electron chi connectivity index (χ4n) is 2.34. The van der Waals surface area contributed by atoms with E-state index in [0.29, 0.717) is 17.1 Å². The summed E-state index contributed by atoms with van der Waals surface area (Å²) >= 11 is 0. The van der Waals surface area contributed by atoms with Crippen molar-refractivity contribution in [2.45, 2.75) is 6.54 Å². The van der Waals surface area contributed by atoms with Crippen LogP contribution >= 0.6 is 0 Å². The molecular weight excluding hydrogens is 329 g/mol. The van der Waals surface area contributed by atoms with Crippen molar-refractivity contribution in [3.63, 3.8) is 0 Å². The van der Waals surface area contributed by atoms with Crippen LogP contribution in [0.1, 0.15) is 16.2 Å². The molecule has 0 saturated carbocycles. The van der Waals surface area contributed by atoms with Crippen LogP contribution in [0.3, 0.4) is 0 Å². The molecule has 1 amide bonds. The third-order valence-electron chi connectivity index (χ3n) is 3.61. The van der Waals surface area contributed by atoms with Crippen molar-refractivity contribution >= 4 is 5.91 Å². The molecule has 0 bridgehead atoms. The Bertz CT molecular complexity index is 924. The van der Waals surface area contributed by atoms with E-state index in [2.05, 4.69) is 15.5 Å². The standard InChI is InChI=1S/C17H12FN3O4/c18-12-4-2-11(3-5-12)15-20-17(25-21-15)16(22)19-8-10-1-6-13-14(7-10)24-9-23-13/h1-7H,8-9H2,(H,19,22). The number of carbonyl (C=O) groups is 1. The van der Waals surface area contributed by atoms with Gasteiger partial charge in [-0.15, -0.1) is 0 Å². The Balaban J connectivity index is 1.42. The van der Waals surface area contributed by atoms with Gasteiger partial charge in [-0.1, -0.05) is 11.2 Å². The van der Waals surface area contributed by atoms with Gasteiger partial charge in [-0.3, -0.25) is 4.79 Å². The van der Waals surface area contributed by atoms with Crippen molar-refractivity contribution < 1.29 is 23.2 Å². The van der Waals surface area contributed by atoms with Gasteiger partial charge < -0.3 is 19.3 Å². The van der Waals surface area contributed by atoms with Gasteiger partial charge in [0.2, 0.25) is 12.6 Å². The molecule has 2 heterocycles. The number of nitrogens with one attached hydrogen (secondary N) is 1. The number of hydrogen-bond acceptors (Lipinski definition) is 6. The summed E-state index contributed by atoms with van der Waals surface area (Å²) in [6, 6.07) is 11.0. The molecule has 1 aliphatic heterocycles. The molecule has 0 radical (unpaired) electrons. The summed E-state index contributed by atoms with van der Waals surface area (Å²) in [6.07, 6.45) is 0. The SMILES string of the molecule is O=C(NCc1ccc2c(c1)OCO2)c1nc(-c2ccc(F)cc2)no1. The molecule has 1 aromatic heterocycles. The van der Waals surface area contributed by atoms with Crippen LogP contribution in [-0.4, -0.2) is 22.8 Å². The highest BCUT2D eigenvalue weighted by Crippen LogP contribution is 2.32. The number of carbonyl (C=O) groups excluding carboxylic acids is 1. The molecule has 8 heteroatoms. The number of rotatable bonds is 4. The largest absolute Gasteiger partial charge is 0.454 e. The summed E-state index contributed by atoms with van der Waals surface area (Å²) in [5.41, 5.74) is 1.40. The second-order valence-corrected chi connectivity index (χ2v) is 5.30. The van der Waals surface area contributed by atoms with E-state index >= 15 is 0 Å². The lowest BCUT2D eigenvalue weighted by molar-refractivity contribution is 0.0907. The third kappa shape index (κ3) is 3.14. The smallest absolute Gasteiger partial charge is 0.316 e. The van der Waals surface area contributed by atoms with E-state index in [-0.39, 0.29) is 30.9 Å². The number of fused-ring (bicyclic) bond motifs is 1. The van der Waals surface area contributed by atoms with Crippen molar-refractivity contribution in [2.24, 2.45) is 0 Å². The van der Waals surface area contributed by atoms with Crippen LogP contribution in [0.4, 0.5) is 4.39 Å². The quantitative estimate of drug-likeness (QED) is 0.785. The van der Waals surface area contributed by atoms with E-state index in [1.807, 2.05) is 6.07 Å². The molecule has 0 atom stereocenters. The molecular formula is C17H12FN3O4. The zero-order valence-corrected chi connectivity index (χ0v) is 12.9. The lowest BCUT2D eigenvalue weighted by Gasteiger charge is -2.03. The Morgan fingerprint density at radius 1 is 1.12 bits per heavy atom. The van der Waals surface area contributed by atoms with Gasteiger partial charge in [-0.2, -0.15) is 4.98 Å². The molecule has 0 saturated heterocycles. The minimum Gasteiger partial charge on any atom is -0.454 e. The summed E-state index contributed by atoms with van der Waals surface area (Å²) in [6.45, 7) is 0.461.